The summed E-state index contributed by atoms with van der Waals surface area (Å²) in [7, 11) is 4.22. The van der Waals surface area contributed by atoms with Gasteiger partial charge in [-0.2, -0.15) is 0 Å². The number of furan rings is 1. The maximum absolute atomic E-state index is 12.2. The third-order valence-electron chi connectivity index (χ3n) is 7.21. The monoisotopic (exact) mass is 374 g/mol. The van der Waals surface area contributed by atoms with E-state index in [4.69, 9.17) is 4.42 Å². The highest BCUT2D eigenvalue weighted by molar-refractivity contribution is 5.76. The van der Waals surface area contributed by atoms with E-state index in [-0.39, 0.29) is 5.54 Å². The molecule has 1 aromatic rings. The van der Waals surface area contributed by atoms with Crippen LogP contribution in [0.5, 0.6) is 0 Å². The lowest BCUT2D eigenvalue weighted by Gasteiger charge is -2.52. The van der Waals surface area contributed by atoms with Gasteiger partial charge in [-0.1, -0.05) is 0 Å². The van der Waals surface area contributed by atoms with Gasteiger partial charge in [0.1, 0.15) is 5.76 Å². The van der Waals surface area contributed by atoms with E-state index in [2.05, 4.69) is 27.8 Å². The lowest BCUT2D eigenvalue weighted by atomic mass is 9.85. The number of amides is 1. The van der Waals surface area contributed by atoms with Gasteiger partial charge in [-0.15, -0.1) is 0 Å². The van der Waals surface area contributed by atoms with Crippen molar-refractivity contribution in [1.82, 2.24) is 19.6 Å². The average molecular weight is 375 g/mol. The maximum Gasteiger partial charge on any atom is 0.222 e. The molecular weight excluding hydrogens is 340 g/mol. The number of carbonyl (C=O) groups excluding carboxylic acids is 1. The molecule has 1 aromatic heterocycles. The molecule has 6 heteroatoms. The fourth-order valence-corrected chi connectivity index (χ4v) is 5.17. The van der Waals surface area contributed by atoms with Gasteiger partial charge in [0.25, 0.3) is 0 Å². The molecule has 3 aliphatic heterocycles. The molecule has 6 nitrogen and oxygen atoms in total. The van der Waals surface area contributed by atoms with Crippen LogP contribution in [0.2, 0.25) is 0 Å². The minimum atomic E-state index is 0.171. The first-order chi connectivity index (χ1) is 13.1. The normalized spacial score (nSPS) is 30.1. The first-order valence-electron chi connectivity index (χ1n) is 10.5. The molecule has 150 valence electrons. The number of rotatable bonds is 3. The molecule has 1 atom stereocenters. The molecule has 0 aliphatic carbocycles. The molecular formula is C21H34N4O2. The summed E-state index contributed by atoms with van der Waals surface area (Å²) in [5, 5.41) is 0. The van der Waals surface area contributed by atoms with Gasteiger partial charge in [0.2, 0.25) is 5.91 Å². The van der Waals surface area contributed by atoms with Crippen LogP contribution in [0.25, 0.3) is 0 Å². The number of piperazine rings is 1. The standard InChI is InChI=1S/C21H34N4O2/c1-22-12-9-21(8-5-20(22)26)17-25(14-13-23(21)2)18-6-10-24(11-7-18)16-19-4-3-15-27-19/h3-4,15,18H,5-14,16-17H2,1-2H3/t21-/m0/s1. The van der Waals surface area contributed by atoms with Crippen LogP contribution in [0.1, 0.15) is 37.9 Å². The van der Waals surface area contributed by atoms with Crippen molar-refractivity contribution >= 4 is 5.91 Å². The third kappa shape index (κ3) is 4.08. The molecule has 1 amide bonds. The fraction of sp³-hybridized carbons (Fsp3) is 0.762. The summed E-state index contributed by atoms with van der Waals surface area (Å²) in [5.41, 5.74) is 0.171. The fourth-order valence-electron chi connectivity index (χ4n) is 5.17. The number of hydrogen-bond acceptors (Lipinski definition) is 5. The lowest BCUT2D eigenvalue weighted by Crippen LogP contribution is -2.63. The van der Waals surface area contributed by atoms with Gasteiger partial charge < -0.3 is 9.32 Å². The zero-order valence-electron chi connectivity index (χ0n) is 16.9. The molecule has 0 radical (unpaired) electrons. The molecule has 3 aliphatic rings. The second-order valence-corrected chi connectivity index (χ2v) is 8.77. The average Bonchev–Trinajstić information content (AvgIpc) is 3.15. The van der Waals surface area contributed by atoms with Crippen LogP contribution in [0, 0.1) is 0 Å². The van der Waals surface area contributed by atoms with Crippen LogP contribution in [-0.4, -0.2) is 90.5 Å². The number of likely N-dealkylation sites (N-methyl/N-ethyl adjacent to an activating group) is 1. The molecule has 3 saturated heterocycles. The highest BCUT2D eigenvalue weighted by atomic mass is 16.3. The Morgan fingerprint density at radius 3 is 2.67 bits per heavy atom. The van der Waals surface area contributed by atoms with E-state index in [1.165, 1.54) is 12.8 Å². The van der Waals surface area contributed by atoms with Crippen molar-refractivity contribution in [1.29, 1.82) is 0 Å². The van der Waals surface area contributed by atoms with Gasteiger partial charge >= 0.3 is 0 Å². The first kappa shape index (κ1) is 19.0. The van der Waals surface area contributed by atoms with E-state index in [1.54, 1.807) is 6.26 Å². The molecule has 4 heterocycles. The van der Waals surface area contributed by atoms with Crippen LogP contribution in [-0.2, 0) is 11.3 Å². The Labute approximate surface area is 163 Å². The summed E-state index contributed by atoms with van der Waals surface area (Å²) in [6.07, 6.45) is 7.02. The van der Waals surface area contributed by atoms with E-state index >= 15 is 0 Å². The van der Waals surface area contributed by atoms with Gasteiger partial charge in [0.15, 0.2) is 0 Å². The summed E-state index contributed by atoms with van der Waals surface area (Å²) in [5.74, 6) is 1.38. The topological polar surface area (TPSA) is 43.2 Å². The summed E-state index contributed by atoms with van der Waals surface area (Å²) in [6, 6.07) is 4.72. The number of likely N-dealkylation sites (tertiary alicyclic amines) is 2. The van der Waals surface area contributed by atoms with Crippen molar-refractivity contribution in [2.24, 2.45) is 0 Å². The van der Waals surface area contributed by atoms with Gasteiger partial charge in [0.05, 0.1) is 12.8 Å². The summed E-state index contributed by atoms with van der Waals surface area (Å²) in [4.78, 5) is 21.9. The Hall–Kier alpha value is -1.37. The van der Waals surface area contributed by atoms with Gasteiger partial charge in [-0.25, -0.2) is 0 Å². The van der Waals surface area contributed by atoms with E-state index in [0.29, 0.717) is 18.4 Å². The zero-order valence-corrected chi connectivity index (χ0v) is 16.9. The zero-order chi connectivity index (χ0) is 18.9. The molecule has 4 rings (SSSR count). The van der Waals surface area contributed by atoms with Crippen molar-refractivity contribution in [2.45, 2.75) is 50.2 Å². The van der Waals surface area contributed by atoms with Gasteiger partial charge in [-0.3, -0.25) is 19.5 Å². The molecule has 0 aromatic carbocycles. The molecule has 1 spiro atoms. The predicted octanol–water partition coefficient (Wildman–Crippen LogP) is 1.87. The van der Waals surface area contributed by atoms with Crippen molar-refractivity contribution in [3.63, 3.8) is 0 Å². The predicted molar refractivity (Wildman–Crippen MR) is 105 cm³/mol. The first-order valence-corrected chi connectivity index (χ1v) is 10.5. The molecule has 0 bridgehead atoms. The molecule has 27 heavy (non-hydrogen) atoms. The third-order valence-corrected chi connectivity index (χ3v) is 7.21. The molecule has 0 unspecified atom stereocenters. The maximum atomic E-state index is 12.2. The smallest absolute Gasteiger partial charge is 0.222 e. The number of nitrogens with zero attached hydrogens (tertiary/aromatic N) is 4. The van der Waals surface area contributed by atoms with Crippen LogP contribution < -0.4 is 0 Å². The van der Waals surface area contributed by atoms with E-state index in [9.17, 15) is 4.79 Å². The second-order valence-electron chi connectivity index (χ2n) is 8.77. The Morgan fingerprint density at radius 2 is 1.93 bits per heavy atom. The van der Waals surface area contributed by atoms with Gasteiger partial charge in [0, 0.05) is 64.3 Å². The van der Waals surface area contributed by atoms with Crippen molar-refractivity contribution in [2.75, 3.05) is 53.4 Å². The molecule has 0 N–H and O–H groups in total. The van der Waals surface area contributed by atoms with E-state index < -0.39 is 0 Å². The largest absolute Gasteiger partial charge is 0.468 e. The number of hydrogen-bond donors (Lipinski definition) is 0. The minimum Gasteiger partial charge on any atom is -0.468 e. The van der Waals surface area contributed by atoms with E-state index in [1.807, 2.05) is 18.0 Å². The SMILES string of the molecule is CN1CC[C@@]2(CCC1=O)CN(C1CCN(Cc3ccco3)CC1)CCN2C. The molecule has 3 fully saturated rings. The van der Waals surface area contributed by atoms with Crippen LogP contribution in [0.15, 0.2) is 22.8 Å². The molecule has 0 saturated carbocycles. The summed E-state index contributed by atoms with van der Waals surface area (Å²) >= 11 is 0. The minimum absolute atomic E-state index is 0.171. The second kappa shape index (κ2) is 7.94. The number of piperidine rings is 1. The van der Waals surface area contributed by atoms with Gasteiger partial charge in [-0.05, 0) is 44.9 Å². The van der Waals surface area contributed by atoms with Crippen LogP contribution in [0.4, 0.5) is 0 Å². The quantitative estimate of drug-likeness (QED) is 0.808. The Balaban J connectivity index is 1.35. The summed E-state index contributed by atoms with van der Waals surface area (Å²) < 4.78 is 5.51. The Bertz CT molecular complexity index is 626. The van der Waals surface area contributed by atoms with Crippen molar-refractivity contribution in [3.8, 4) is 0 Å². The van der Waals surface area contributed by atoms with E-state index in [0.717, 1.165) is 64.4 Å². The highest BCUT2D eigenvalue weighted by Crippen LogP contribution is 2.34. The number of carbonyl (C=O) groups is 1. The van der Waals surface area contributed by atoms with Crippen molar-refractivity contribution < 1.29 is 9.21 Å². The highest BCUT2D eigenvalue weighted by Gasteiger charge is 2.43. The summed E-state index contributed by atoms with van der Waals surface area (Å²) in [6.45, 7) is 7.50. The lowest BCUT2D eigenvalue weighted by molar-refractivity contribution is -0.129. The van der Waals surface area contributed by atoms with Crippen molar-refractivity contribution in [3.05, 3.63) is 24.2 Å². The van der Waals surface area contributed by atoms with Crippen LogP contribution in [0.3, 0.4) is 0 Å². The Morgan fingerprint density at radius 1 is 1.11 bits per heavy atom. The Kier molecular flexibility index (Phi) is 5.58. The van der Waals surface area contributed by atoms with Crippen LogP contribution >= 0.6 is 0 Å².